The number of carbonyl (C=O) groups is 1. The van der Waals surface area contributed by atoms with E-state index in [0.29, 0.717) is 12.0 Å². The SMILES string of the molecule is O=C(OC[C@H]1C[C@@H](F)[C@@H](O)C1)c1ccccc1. The molecule has 0 saturated heterocycles. The van der Waals surface area contributed by atoms with Gasteiger partial charge in [0.25, 0.3) is 0 Å². The topological polar surface area (TPSA) is 46.5 Å². The highest BCUT2D eigenvalue weighted by atomic mass is 19.1. The first-order valence-electron chi connectivity index (χ1n) is 5.71. The normalized spacial score (nSPS) is 28.0. The van der Waals surface area contributed by atoms with Crippen LogP contribution in [-0.4, -0.2) is 30.0 Å². The predicted octanol–water partition coefficient (Wildman–Crippen LogP) is 1.95. The van der Waals surface area contributed by atoms with Gasteiger partial charge in [-0.3, -0.25) is 0 Å². The van der Waals surface area contributed by atoms with E-state index in [9.17, 15) is 14.3 Å². The quantitative estimate of drug-likeness (QED) is 0.819. The Morgan fingerprint density at radius 3 is 2.65 bits per heavy atom. The summed E-state index contributed by atoms with van der Waals surface area (Å²) < 4.78 is 18.1. The van der Waals surface area contributed by atoms with E-state index in [1.54, 1.807) is 24.3 Å². The summed E-state index contributed by atoms with van der Waals surface area (Å²) in [5.74, 6) is -0.477. The van der Waals surface area contributed by atoms with E-state index < -0.39 is 18.2 Å². The molecule has 17 heavy (non-hydrogen) atoms. The minimum atomic E-state index is -1.18. The van der Waals surface area contributed by atoms with Crippen LogP contribution in [-0.2, 0) is 4.74 Å². The molecule has 4 heteroatoms. The average molecular weight is 238 g/mol. The number of esters is 1. The number of aliphatic hydroxyl groups is 1. The summed E-state index contributed by atoms with van der Waals surface area (Å²) in [7, 11) is 0. The van der Waals surface area contributed by atoms with Crippen LogP contribution in [0.4, 0.5) is 4.39 Å². The standard InChI is InChI=1S/C13H15FO3/c14-11-6-9(7-12(11)15)8-17-13(16)10-4-2-1-3-5-10/h1-5,9,11-12,15H,6-8H2/t9-,11+,12-/m0/s1. The Morgan fingerprint density at radius 1 is 1.35 bits per heavy atom. The van der Waals surface area contributed by atoms with Crippen molar-refractivity contribution in [2.45, 2.75) is 25.1 Å². The summed E-state index contributed by atoms with van der Waals surface area (Å²) in [5.41, 5.74) is 0.489. The molecular formula is C13H15FO3. The molecule has 0 unspecified atom stereocenters. The third-order valence-corrected chi connectivity index (χ3v) is 3.01. The summed E-state index contributed by atoms with van der Waals surface area (Å²) in [6.07, 6.45) is -1.46. The molecule has 1 aromatic carbocycles. The Morgan fingerprint density at radius 2 is 2.06 bits per heavy atom. The van der Waals surface area contributed by atoms with Gasteiger partial charge in [-0.05, 0) is 30.9 Å². The van der Waals surface area contributed by atoms with E-state index in [4.69, 9.17) is 4.74 Å². The first kappa shape index (κ1) is 12.0. The fourth-order valence-corrected chi connectivity index (χ4v) is 2.05. The minimum absolute atomic E-state index is 0.0762. The summed E-state index contributed by atoms with van der Waals surface area (Å²) in [5, 5.41) is 9.23. The van der Waals surface area contributed by atoms with Crippen molar-refractivity contribution < 1.29 is 19.0 Å². The third kappa shape index (κ3) is 3.03. The fourth-order valence-electron chi connectivity index (χ4n) is 2.05. The van der Waals surface area contributed by atoms with Gasteiger partial charge in [-0.15, -0.1) is 0 Å². The van der Waals surface area contributed by atoms with Gasteiger partial charge in [-0.1, -0.05) is 18.2 Å². The fraction of sp³-hybridized carbons (Fsp3) is 0.462. The van der Waals surface area contributed by atoms with Gasteiger partial charge >= 0.3 is 5.97 Å². The number of rotatable bonds is 3. The molecule has 0 aliphatic heterocycles. The van der Waals surface area contributed by atoms with Gasteiger partial charge in [0, 0.05) is 0 Å². The number of carbonyl (C=O) groups excluding carboxylic acids is 1. The largest absolute Gasteiger partial charge is 0.462 e. The van der Waals surface area contributed by atoms with Gasteiger partial charge in [0.2, 0.25) is 0 Å². The molecule has 1 aliphatic carbocycles. The molecule has 1 saturated carbocycles. The lowest BCUT2D eigenvalue weighted by atomic mass is 10.1. The number of alkyl halides is 1. The number of hydrogen-bond donors (Lipinski definition) is 1. The van der Waals surface area contributed by atoms with Gasteiger partial charge in [0.05, 0.1) is 18.3 Å². The molecule has 0 radical (unpaired) electrons. The summed E-state index contributed by atoms with van der Waals surface area (Å²) >= 11 is 0. The minimum Gasteiger partial charge on any atom is -0.462 e. The lowest BCUT2D eigenvalue weighted by Gasteiger charge is -2.09. The van der Waals surface area contributed by atoms with Gasteiger partial charge in [0.1, 0.15) is 6.17 Å². The van der Waals surface area contributed by atoms with Gasteiger partial charge < -0.3 is 9.84 Å². The first-order valence-corrected chi connectivity index (χ1v) is 5.71. The second kappa shape index (κ2) is 5.27. The van der Waals surface area contributed by atoms with Crippen molar-refractivity contribution in [1.29, 1.82) is 0 Å². The number of hydrogen-bond acceptors (Lipinski definition) is 3. The van der Waals surface area contributed by atoms with Crippen molar-refractivity contribution in [3.8, 4) is 0 Å². The highest BCUT2D eigenvalue weighted by Crippen LogP contribution is 2.28. The van der Waals surface area contributed by atoms with Crippen molar-refractivity contribution in [3.05, 3.63) is 35.9 Å². The molecule has 0 bridgehead atoms. The van der Waals surface area contributed by atoms with Crippen LogP contribution in [0.25, 0.3) is 0 Å². The van der Waals surface area contributed by atoms with E-state index in [1.807, 2.05) is 6.07 Å². The van der Waals surface area contributed by atoms with Crippen LogP contribution in [0.5, 0.6) is 0 Å². The number of ether oxygens (including phenoxy) is 1. The molecule has 3 atom stereocenters. The highest BCUT2D eigenvalue weighted by molar-refractivity contribution is 5.89. The Labute approximate surface area is 99.2 Å². The molecule has 1 aromatic rings. The molecule has 0 heterocycles. The molecule has 2 rings (SSSR count). The number of aliphatic hydroxyl groups excluding tert-OH is 1. The van der Waals surface area contributed by atoms with Crippen molar-refractivity contribution in [3.63, 3.8) is 0 Å². The number of halogens is 1. The van der Waals surface area contributed by atoms with E-state index in [1.165, 1.54) is 0 Å². The van der Waals surface area contributed by atoms with Gasteiger partial charge in [-0.2, -0.15) is 0 Å². The summed E-state index contributed by atoms with van der Waals surface area (Å²) in [6, 6.07) is 8.67. The lowest BCUT2D eigenvalue weighted by molar-refractivity contribution is 0.0431. The maximum absolute atomic E-state index is 13.0. The van der Waals surface area contributed by atoms with E-state index in [2.05, 4.69) is 0 Å². The molecule has 1 N–H and O–H groups in total. The van der Waals surface area contributed by atoms with Crippen molar-refractivity contribution in [2.24, 2.45) is 5.92 Å². The Hall–Kier alpha value is -1.42. The number of benzene rings is 1. The molecule has 0 spiro atoms. The van der Waals surface area contributed by atoms with Gasteiger partial charge in [0.15, 0.2) is 0 Å². The summed E-state index contributed by atoms with van der Waals surface area (Å²) in [4.78, 5) is 11.6. The lowest BCUT2D eigenvalue weighted by Crippen LogP contribution is -2.13. The van der Waals surface area contributed by atoms with Crippen LogP contribution in [0.2, 0.25) is 0 Å². The third-order valence-electron chi connectivity index (χ3n) is 3.01. The summed E-state index contributed by atoms with van der Waals surface area (Å²) in [6.45, 7) is 0.172. The van der Waals surface area contributed by atoms with Crippen LogP contribution >= 0.6 is 0 Å². The van der Waals surface area contributed by atoms with Gasteiger partial charge in [-0.25, -0.2) is 9.18 Å². The second-order valence-electron chi connectivity index (χ2n) is 4.39. The van der Waals surface area contributed by atoms with Crippen LogP contribution < -0.4 is 0 Å². The van der Waals surface area contributed by atoms with E-state index in [-0.39, 0.29) is 18.9 Å². The molecule has 0 amide bonds. The molecule has 1 fully saturated rings. The van der Waals surface area contributed by atoms with Crippen molar-refractivity contribution in [2.75, 3.05) is 6.61 Å². The van der Waals surface area contributed by atoms with Crippen molar-refractivity contribution >= 4 is 5.97 Å². The molecule has 92 valence electrons. The molecular weight excluding hydrogens is 223 g/mol. The van der Waals surface area contributed by atoms with Crippen molar-refractivity contribution in [1.82, 2.24) is 0 Å². The Bertz CT molecular complexity index is 370. The van der Waals surface area contributed by atoms with Crippen LogP contribution in [0.15, 0.2) is 30.3 Å². The molecule has 3 nitrogen and oxygen atoms in total. The highest BCUT2D eigenvalue weighted by Gasteiger charge is 2.33. The first-order chi connectivity index (χ1) is 8.16. The maximum atomic E-state index is 13.0. The smallest absolute Gasteiger partial charge is 0.338 e. The molecule has 1 aliphatic rings. The van der Waals surface area contributed by atoms with Crippen LogP contribution in [0, 0.1) is 5.92 Å². The maximum Gasteiger partial charge on any atom is 0.338 e. The zero-order valence-electron chi connectivity index (χ0n) is 9.38. The monoisotopic (exact) mass is 238 g/mol. The molecule has 0 aromatic heterocycles. The average Bonchev–Trinajstić information content (AvgIpc) is 2.67. The zero-order chi connectivity index (χ0) is 12.3. The van der Waals surface area contributed by atoms with E-state index in [0.717, 1.165) is 0 Å². The van der Waals surface area contributed by atoms with Crippen LogP contribution in [0.1, 0.15) is 23.2 Å². The second-order valence-corrected chi connectivity index (χ2v) is 4.39. The predicted molar refractivity (Wildman–Crippen MR) is 60.4 cm³/mol. The Balaban J connectivity index is 1.81. The zero-order valence-corrected chi connectivity index (χ0v) is 9.38. The van der Waals surface area contributed by atoms with Crippen LogP contribution in [0.3, 0.4) is 0 Å². The van der Waals surface area contributed by atoms with E-state index >= 15 is 0 Å². The Kier molecular flexibility index (Phi) is 3.74.